The third-order valence-corrected chi connectivity index (χ3v) is 4.35. The van der Waals surface area contributed by atoms with E-state index in [9.17, 15) is 22.8 Å². The maximum atomic E-state index is 12.7. The Balaban J connectivity index is 1.68. The first kappa shape index (κ1) is 22.0. The van der Waals surface area contributed by atoms with Crippen molar-refractivity contribution in [3.05, 3.63) is 58.8 Å². The number of carbonyl (C=O) groups is 2. The molecule has 1 amide bonds. The van der Waals surface area contributed by atoms with Crippen LogP contribution in [0.4, 0.5) is 13.2 Å². The molecule has 9 nitrogen and oxygen atoms in total. The van der Waals surface area contributed by atoms with Crippen LogP contribution in [0.2, 0.25) is 0 Å². The van der Waals surface area contributed by atoms with Crippen LogP contribution in [0, 0.1) is 0 Å². The fourth-order valence-corrected chi connectivity index (χ4v) is 2.84. The van der Waals surface area contributed by atoms with Gasteiger partial charge in [0.1, 0.15) is 5.75 Å². The smallest absolute Gasteiger partial charge is 0.433 e. The van der Waals surface area contributed by atoms with Crippen molar-refractivity contribution in [3.63, 3.8) is 0 Å². The predicted octanol–water partition coefficient (Wildman–Crippen LogP) is 2.90. The van der Waals surface area contributed by atoms with E-state index in [1.165, 1.54) is 25.5 Å². The molecule has 0 aliphatic carbocycles. The molecule has 1 saturated heterocycles. The van der Waals surface area contributed by atoms with Crippen molar-refractivity contribution in [2.45, 2.75) is 6.18 Å². The minimum absolute atomic E-state index is 0.109. The van der Waals surface area contributed by atoms with E-state index in [1.54, 1.807) is 12.1 Å². The molecule has 2 aromatic rings. The second kappa shape index (κ2) is 9.38. The summed E-state index contributed by atoms with van der Waals surface area (Å²) in [4.78, 5) is 30.0. The van der Waals surface area contributed by atoms with Gasteiger partial charge in [-0.2, -0.15) is 23.3 Å². The van der Waals surface area contributed by atoms with Gasteiger partial charge in [-0.25, -0.2) is 9.78 Å². The molecular weight excluding hydrogens is 439 g/mol. The van der Waals surface area contributed by atoms with Gasteiger partial charge in [-0.05, 0) is 35.5 Å². The number of thioether (sulfide) groups is 1. The SMILES string of the molecule is COC(=O)/C=C1/S/C(=N\N=Cc2cccc(Oc3nccc(C(F)(F)F)n3)c2)NC1=O. The number of amides is 1. The highest BCUT2D eigenvalue weighted by Gasteiger charge is 2.33. The summed E-state index contributed by atoms with van der Waals surface area (Å²) in [6.45, 7) is 0. The van der Waals surface area contributed by atoms with E-state index in [-0.39, 0.29) is 15.8 Å². The number of alkyl halides is 3. The number of methoxy groups -OCH3 is 1. The highest BCUT2D eigenvalue weighted by molar-refractivity contribution is 8.18. The van der Waals surface area contributed by atoms with Crippen molar-refractivity contribution in [1.82, 2.24) is 15.3 Å². The van der Waals surface area contributed by atoms with Gasteiger partial charge < -0.3 is 9.47 Å². The Bertz CT molecular complexity index is 1100. The molecule has 0 unspecified atom stereocenters. The van der Waals surface area contributed by atoms with Crippen molar-refractivity contribution in [2.24, 2.45) is 10.2 Å². The van der Waals surface area contributed by atoms with Gasteiger partial charge in [0, 0.05) is 12.3 Å². The van der Waals surface area contributed by atoms with Crippen LogP contribution in [0.1, 0.15) is 11.3 Å². The molecule has 13 heteroatoms. The van der Waals surface area contributed by atoms with Crippen molar-refractivity contribution in [3.8, 4) is 11.8 Å². The maximum absolute atomic E-state index is 12.7. The summed E-state index contributed by atoms with van der Waals surface area (Å²) in [5.41, 5.74) is -0.615. The Morgan fingerprint density at radius 2 is 2.10 bits per heavy atom. The quantitative estimate of drug-likeness (QED) is 0.322. The summed E-state index contributed by atoms with van der Waals surface area (Å²) in [5.74, 6) is -1.01. The number of nitrogens with zero attached hydrogens (tertiary/aromatic N) is 4. The molecule has 160 valence electrons. The lowest BCUT2D eigenvalue weighted by atomic mass is 10.2. The molecule has 1 fully saturated rings. The monoisotopic (exact) mass is 451 g/mol. The lowest BCUT2D eigenvalue weighted by molar-refractivity contribution is -0.141. The Morgan fingerprint density at radius 3 is 2.84 bits per heavy atom. The highest BCUT2D eigenvalue weighted by atomic mass is 32.2. The first-order valence-electron chi connectivity index (χ1n) is 8.32. The summed E-state index contributed by atoms with van der Waals surface area (Å²) in [6.07, 6.45) is -1.30. The van der Waals surface area contributed by atoms with Gasteiger partial charge in [-0.1, -0.05) is 12.1 Å². The summed E-state index contributed by atoms with van der Waals surface area (Å²) < 4.78 is 47.9. The molecule has 31 heavy (non-hydrogen) atoms. The number of rotatable bonds is 5. The van der Waals surface area contributed by atoms with Gasteiger partial charge >= 0.3 is 18.2 Å². The van der Waals surface area contributed by atoms with Gasteiger partial charge in [0.05, 0.1) is 18.2 Å². The first-order valence-corrected chi connectivity index (χ1v) is 9.14. The second-order valence-corrected chi connectivity index (χ2v) is 6.67. The molecule has 0 saturated carbocycles. The Morgan fingerprint density at radius 1 is 1.29 bits per heavy atom. The van der Waals surface area contributed by atoms with Crippen molar-refractivity contribution < 1.29 is 32.2 Å². The van der Waals surface area contributed by atoms with E-state index in [1.807, 2.05) is 0 Å². The standard InChI is InChI=1S/C18H12F3N5O4S/c1-29-14(27)8-12-15(28)25-17(31-12)26-23-9-10-3-2-4-11(7-10)30-16-22-6-5-13(24-16)18(19,20)21/h2-9H,1H3,(H,25,26,28)/b12-8+,23-9?. The molecule has 0 atom stereocenters. The van der Waals surface area contributed by atoms with Crippen LogP contribution in [0.3, 0.4) is 0 Å². The van der Waals surface area contributed by atoms with Gasteiger partial charge in [0.25, 0.3) is 5.91 Å². The molecule has 0 spiro atoms. The van der Waals surface area contributed by atoms with Crippen LogP contribution >= 0.6 is 11.8 Å². The number of hydrogen-bond donors (Lipinski definition) is 1. The molecule has 2 heterocycles. The number of hydrogen-bond acceptors (Lipinski definition) is 9. The fourth-order valence-electron chi connectivity index (χ4n) is 2.10. The van der Waals surface area contributed by atoms with Crippen LogP contribution in [-0.4, -0.2) is 40.3 Å². The van der Waals surface area contributed by atoms with Gasteiger partial charge in [-0.3, -0.25) is 10.1 Å². The lowest BCUT2D eigenvalue weighted by Gasteiger charge is -2.08. The predicted molar refractivity (Wildman–Crippen MR) is 104 cm³/mol. The topological polar surface area (TPSA) is 115 Å². The Labute approximate surface area is 177 Å². The Kier molecular flexibility index (Phi) is 6.65. The molecule has 0 radical (unpaired) electrons. The first-order chi connectivity index (χ1) is 14.7. The normalized spacial score (nSPS) is 16.7. The van der Waals surface area contributed by atoms with E-state index in [4.69, 9.17) is 4.74 Å². The van der Waals surface area contributed by atoms with Gasteiger partial charge in [0.15, 0.2) is 10.9 Å². The van der Waals surface area contributed by atoms with Crippen LogP contribution < -0.4 is 10.1 Å². The third-order valence-electron chi connectivity index (χ3n) is 3.45. The summed E-state index contributed by atoms with van der Waals surface area (Å²) >= 11 is 0.909. The average Bonchev–Trinajstić information content (AvgIpc) is 3.07. The summed E-state index contributed by atoms with van der Waals surface area (Å²) in [5, 5.41) is 10.3. The van der Waals surface area contributed by atoms with Crippen molar-refractivity contribution in [2.75, 3.05) is 7.11 Å². The number of esters is 1. The lowest BCUT2D eigenvalue weighted by Crippen LogP contribution is -2.19. The summed E-state index contributed by atoms with van der Waals surface area (Å²) in [6, 6.07) is 6.49. The molecule has 1 N–H and O–H groups in total. The molecule has 3 rings (SSSR count). The molecule has 1 aliphatic rings. The van der Waals surface area contributed by atoms with E-state index in [2.05, 4.69) is 30.2 Å². The molecular formula is C18H12F3N5O4S. The van der Waals surface area contributed by atoms with Crippen LogP contribution in [0.25, 0.3) is 0 Å². The molecule has 1 aromatic carbocycles. The molecule has 0 bridgehead atoms. The number of aromatic nitrogens is 2. The maximum Gasteiger partial charge on any atom is 0.433 e. The zero-order chi connectivity index (χ0) is 22.4. The van der Waals surface area contributed by atoms with E-state index in [0.717, 1.165) is 30.1 Å². The number of halogens is 3. The van der Waals surface area contributed by atoms with Gasteiger partial charge in [0.2, 0.25) is 0 Å². The Hall–Kier alpha value is -3.74. The molecule has 1 aromatic heterocycles. The highest BCUT2D eigenvalue weighted by Crippen LogP contribution is 2.29. The van der Waals surface area contributed by atoms with E-state index in [0.29, 0.717) is 5.56 Å². The zero-order valence-electron chi connectivity index (χ0n) is 15.6. The average molecular weight is 451 g/mol. The fraction of sp³-hybridized carbons (Fsp3) is 0.111. The van der Waals surface area contributed by atoms with Crippen LogP contribution in [0.15, 0.2) is 57.7 Å². The number of amidine groups is 1. The van der Waals surface area contributed by atoms with E-state index < -0.39 is 29.8 Å². The minimum Gasteiger partial charge on any atom is -0.466 e. The largest absolute Gasteiger partial charge is 0.466 e. The number of carbonyl (C=O) groups excluding carboxylic acids is 2. The second-order valence-electron chi connectivity index (χ2n) is 5.63. The number of ether oxygens (including phenoxy) is 2. The zero-order valence-corrected chi connectivity index (χ0v) is 16.4. The number of nitrogens with one attached hydrogen (secondary N) is 1. The van der Waals surface area contributed by atoms with Crippen LogP contribution in [-0.2, 0) is 20.5 Å². The third kappa shape index (κ3) is 6.12. The summed E-state index contributed by atoms with van der Waals surface area (Å²) in [7, 11) is 1.19. The van der Waals surface area contributed by atoms with Crippen molar-refractivity contribution in [1.29, 1.82) is 0 Å². The van der Waals surface area contributed by atoms with Crippen LogP contribution in [0.5, 0.6) is 11.8 Å². The minimum atomic E-state index is -4.62. The number of benzene rings is 1. The van der Waals surface area contributed by atoms with Crippen molar-refractivity contribution >= 4 is 35.0 Å². The van der Waals surface area contributed by atoms with Gasteiger partial charge in [-0.15, -0.1) is 5.10 Å². The molecule has 1 aliphatic heterocycles. The van der Waals surface area contributed by atoms with E-state index >= 15 is 0 Å².